The first kappa shape index (κ1) is 48.7. The standard InChI is InChI=1S/C62H65N3O2.Pt/c1-39(2)49-26-21-27-50(40(3)4)57(49)44-34-45(59-64-58(62(12,67-59)41(5)6)56(42-22-15-13-16-23-42)43-24-17-14-18-25-43)36-48(35-44)66-47-30-31-52-54(38-47)65(53-29-20-19-28-51(53)61(52,10)11)55-37-46(32-33-63-55)60(7,8)9;/h13-35,37,39-41,56,58H,1-12H3;/q-2;+2/t58-,62-;/m1./s1. The van der Waals surface area contributed by atoms with Crippen molar-refractivity contribution in [3.8, 4) is 22.6 Å². The molecule has 6 heteroatoms. The Bertz CT molecular complexity index is 2880. The second-order valence-corrected chi connectivity index (χ2v) is 21.2. The Morgan fingerprint density at radius 2 is 1.28 bits per heavy atom. The Morgan fingerprint density at radius 3 is 1.88 bits per heavy atom. The van der Waals surface area contributed by atoms with Crippen molar-refractivity contribution in [2.75, 3.05) is 4.90 Å². The smallest absolute Gasteiger partial charge is 0.512 e. The Morgan fingerprint density at radius 1 is 0.662 bits per heavy atom. The van der Waals surface area contributed by atoms with Gasteiger partial charge in [-0.1, -0.05) is 202 Å². The number of rotatable bonds is 11. The molecule has 1 aromatic heterocycles. The van der Waals surface area contributed by atoms with Gasteiger partial charge in [-0.2, -0.15) is 6.07 Å². The van der Waals surface area contributed by atoms with Gasteiger partial charge in [0.15, 0.2) is 0 Å². The number of pyridine rings is 1. The summed E-state index contributed by atoms with van der Waals surface area (Å²) in [5.74, 6) is 3.23. The Labute approximate surface area is 420 Å². The van der Waals surface area contributed by atoms with Crippen LogP contribution in [0.4, 0.5) is 17.2 Å². The van der Waals surface area contributed by atoms with Crippen LogP contribution in [0.5, 0.6) is 11.5 Å². The van der Waals surface area contributed by atoms with Crippen LogP contribution in [0.2, 0.25) is 0 Å². The van der Waals surface area contributed by atoms with Crippen LogP contribution >= 0.6 is 0 Å². The summed E-state index contributed by atoms with van der Waals surface area (Å²) in [4.78, 5) is 12.9. The molecule has 0 radical (unpaired) electrons. The van der Waals surface area contributed by atoms with Gasteiger partial charge in [-0.05, 0) is 92.7 Å². The third-order valence-corrected chi connectivity index (χ3v) is 14.3. The first-order chi connectivity index (χ1) is 32.0. The summed E-state index contributed by atoms with van der Waals surface area (Å²) < 4.78 is 14.3. The molecule has 2 aliphatic heterocycles. The third-order valence-electron chi connectivity index (χ3n) is 14.3. The Hall–Kier alpha value is -5.77. The molecule has 7 aromatic rings. The quantitative estimate of drug-likeness (QED) is 0.121. The normalized spacial score (nSPS) is 17.4. The Balaban J connectivity index is 0.00000625. The van der Waals surface area contributed by atoms with Crippen LogP contribution in [-0.2, 0) is 36.6 Å². The van der Waals surface area contributed by atoms with E-state index in [1.807, 2.05) is 12.3 Å². The van der Waals surface area contributed by atoms with Crippen LogP contribution in [0.1, 0.15) is 145 Å². The minimum Gasteiger partial charge on any atom is -0.512 e. The van der Waals surface area contributed by atoms with Crippen molar-refractivity contribution in [2.24, 2.45) is 10.9 Å². The van der Waals surface area contributed by atoms with Crippen molar-refractivity contribution >= 4 is 23.1 Å². The minimum absolute atomic E-state index is 0. The monoisotopic (exact) mass is 1080 g/mol. The predicted octanol–water partition coefficient (Wildman–Crippen LogP) is 16.2. The first-order valence-corrected chi connectivity index (χ1v) is 24.1. The molecule has 2 atom stereocenters. The average Bonchev–Trinajstić information content (AvgIpc) is 3.67. The number of aliphatic imine (C=N–C) groups is 1. The fourth-order valence-corrected chi connectivity index (χ4v) is 10.2. The van der Waals surface area contributed by atoms with Crippen LogP contribution in [0.15, 0.2) is 151 Å². The molecule has 9 rings (SSSR count). The van der Waals surface area contributed by atoms with Gasteiger partial charge in [0.05, 0.1) is 6.04 Å². The summed E-state index contributed by atoms with van der Waals surface area (Å²) >= 11 is 0. The van der Waals surface area contributed by atoms with Gasteiger partial charge >= 0.3 is 21.1 Å². The first-order valence-electron chi connectivity index (χ1n) is 24.1. The molecule has 0 saturated carbocycles. The molecule has 0 spiro atoms. The predicted molar refractivity (Wildman–Crippen MR) is 277 cm³/mol. The topological polar surface area (TPSA) is 47.0 Å². The number of anilines is 3. The number of fused-ring (bicyclic) bond motifs is 2. The molecular weight excluding hydrogens is 1010 g/mol. The summed E-state index contributed by atoms with van der Waals surface area (Å²) in [5, 5.41) is 0. The van der Waals surface area contributed by atoms with E-state index < -0.39 is 5.60 Å². The fraction of sp³-hybridized carbons (Fsp3) is 0.323. The zero-order chi connectivity index (χ0) is 47.4. The molecule has 0 unspecified atom stereocenters. The van der Waals surface area contributed by atoms with Gasteiger partial charge in [0.25, 0.3) is 0 Å². The van der Waals surface area contributed by atoms with Crippen molar-refractivity contribution < 1.29 is 30.5 Å². The van der Waals surface area contributed by atoms with E-state index in [9.17, 15) is 0 Å². The fourth-order valence-electron chi connectivity index (χ4n) is 10.2. The largest absolute Gasteiger partial charge is 2.00 e. The van der Waals surface area contributed by atoms with E-state index in [0.717, 1.165) is 33.9 Å². The van der Waals surface area contributed by atoms with Crippen molar-refractivity contribution in [3.05, 3.63) is 202 Å². The van der Waals surface area contributed by atoms with E-state index in [2.05, 4.69) is 234 Å². The van der Waals surface area contributed by atoms with Crippen LogP contribution in [0, 0.1) is 18.1 Å². The molecular formula is C62H65N3O2Pt. The summed E-state index contributed by atoms with van der Waals surface area (Å²) in [6, 6.07) is 57.1. The van der Waals surface area contributed by atoms with E-state index in [-0.39, 0.29) is 61.6 Å². The molecule has 0 fully saturated rings. The van der Waals surface area contributed by atoms with Crippen molar-refractivity contribution in [2.45, 2.75) is 123 Å². The van der Waals surface area contributed by atoms with Crippen LogP contribution < -0.4 is 9.64 Å². The van der Waals surface area contributed by atoms with Gasteiger partial charge in [0, 0.05) is 29.3 Å². The molecule has 68 heavy (non-hydrogen) atoms. The second-order valence-electron chi connectivity index (χ2n) is 21.2. The van der Waals surface area contributed by atoms with E-state index in [1.54, 1.807) is 0 Å². The molecule has 0 bridgehead atoms. The summed E-state index contributed by atoms with van der Waals surface area (Å²) in [7, 11) is 0. The maximum atomic E-state index is 7.25. The van der Waals surface area contributed by atoms with Gasteiger partial charge in [0.1, 0.15) is 17.3 Å². The number of ether oxygens (including phenoxy) is 2. The average molecular weight is 1080 g/mol. The molecule has 6 aromatic carbocycles. The van der Waals surface area contributed by atoms with Crippen molar-refractivity contribution in [1.29, 1.82) is 0 Å². The van der Waals surface area contributed by atoms with E-state index in [1.165, 1.54) is 38.9 Å². The molecule has 0 amide bonds. The van der Waals surface area contributed by atoms with E-state index in [0.29, 0.717) is 17.4 Å². The number of hydrogen-bond donors (Lipinski definition) is 0. The van der Waals surface area contributed by atoms with Gasteiger partial charge in [0.2, 0.25) is 0 Å². The summed E-state index contributed by atoms with van der Waals surface area (Å²) in [6.07, 6.45) is 1.92. The number of para-hydroxylation sites is 1. The van der Waals surface area contributed by atoms with E-state index >= 15 is 0 Å². The van der Waals surface area contributed by atoms with Crippen LogP contribution in [-0.4, -0.2) is 22.5 Å². The van der Waals surface area contributed by atoms with Crippen molar-refractivity contribution in [3.63, 3.8) is 0 Å². The Kier molecular flexibility index (Phi) is 13.6. The van der Waals surface area contributed by atoms with Gasteiger partial charge in [-0.25, -0.2) is 4.98 Å². The van der Waals surface area contributed by atoms with Gasteiger partial charge < -0.3 is 14.4 Å². The molecule has 0 aliphatic carbocycles. The maximum absolute atomic E-state index is 7.25. The zero-order valence-electron chi connectivity index (χ0n) is 41.7. The number of nitrogens with zero attached hydrogens (tertiary/aromatic N) is 3. The molecule has 0 saturated heterocycles. The molecule has 5 nitrogen and oxygen atoms in total. The number of aromatic nitrogens is 1. The molecule has 350 valence electrons. The van der Waals surface area contributed by atoms with E-state index in [4.69, 9.17) is 19.5 Å². The molecule has 2 aliphatic rings. The number of benzene rings is 6. The summed E-state index contributed by atoms with van der Waals surface area (Å²) in [5.41, 5.74) is 12.6. The molecule has 3 heterocycles. The van der Waals surface area contributed by atoms with Crippen molar-refractivity contribution in [1.82, 2.24) is 4.98 Å². The third kappa shape index (κ3) is 9.00. The van der Waals surface area contributed by atoms with Gasteiger partial charge in [-0.3, -0.25) is 4.99 Å². The molecule has 0 N–H and O–H groups in total. The zero-order valence-corrected chi connectivity index (χ0v) is 44.0. The second kappa shape index (κ2) is 19.0. The van der Waals surface area contributed by atoms with Gasteiger partial charge in [-0.15, -0.1) is 23.8 Å². The SMILES string of the molecule is CC(C)c1cccc(C(C)C)c1-c1cc(Oc2[c-]c3c(cc2)C(C)(C)c2ccccc2N3c2cc(C(C)(C)C)ccn2)[c-]c(C2=N[C@H](C(c3ccccc3)c3ccccc3)[C@@](C)(C(C)C)O2)c1.[Pt+2]. The maximum Gasteiger partial charge on any atom is 2.00 e. The number of hydrogen-bond acceptors (Lipinski definition) is 5. The minimum atomic E-state index is -0.632. The van der Waals surface area contributed by atoms with Crippen LogP contribution in [0.25, 0.3) is 11.1 Å². The van der Waals surface area contributed by atoms with Crippen LogP contribution in [0.3, 0.4) is 0 Å². The summed E-state index contributed by atoms with van der Waals surface area (Å²) in [6.45, 7) is 27.1.